The number of rotatable bonds is 8. The maximum Gasteiger partial charge on any atom is 0.281 e. The highest BCUT2D eigenvalue weighted by Gasteiger charge is 2.11. The number of carbonyl (C=O) groups excluding carboxylic acids is 1. The Morgan fingerprint density at radius 1 is 1.28 bits per heavy atom. The summed E-state index contributed by atoms with van der Waals surface area (Å²) >= 11 is 0. The fourth-order valence-electron chi connectivity index (χ4n) is 2.75. The molecule has 3 aromatic rings. The highest BCUT2D eigenvalue weighted by atomic mass is 31.0. The molecule has 0 bridgehead atoms. The van der Waals surface area contributed by atoms with E-state index in [-0.39, 0.29) is 18.1 Å². The topological polar surface area (TPSA) is 84.2 Å². The second kappa shape index (κ2) is 10.2. The van der Waals surface area contributed by atoms with Crippen molar-refractivity contribution in [2.75, 3.05) is 5.32 Å². The predicted octanol–water partition coefficient (Wildman–Crippen LogP) is 4.10. The summed E-state index contributed by atoms with van der Waals surface area (Å²) in [6.07, 6.45) is -1.06. The number of hydrogen-bond donors (Lipinski definition) is 2. The van der Waals surface area contributed by atoms with Gasteiger partial charge >= 0.3 is 0 Å². The summed E-state index contributed by atoms with van der Waals surface area (Å²) in [6.45, 7) is 5.23. The predicted molar refractivity (Wildman–Crippen MR) is 121 cm³/mol. The van der Waals surface area contributed by atoms with Crippen molar-refractivity contribution in [1.29, 1.82) is 0 Å². The highest BCUT2D eigenvalue weighted by Crippen LogP contribution is 2.21. The lowest BCUT2D eigenvalue weighted by atomic mass is 10.1. The summed E-state index contributed by atoms with van der Waals surface area (Å²) in [7, 11) is 1.82. The third kappa shape index (κ3) is 6.01. The molecule has 1 amide bonds. The molecule has 0 aliphatic rings. The Morgan fingerprint density at radius 3 is 2.75 bits per heavy atom. The smallest absolute Gasteiger partial charge is 0.281 e. The summed E-state index contributed by atoms with van der Waals surface area (Å²) in [6, 6.07) is 11.5. The van der Waals surface area contributed by atoms with Gasteiger partial charge in [-0.1, -0.05) is 45.3 Å². The van der Waals surface area contributed by atoms with E-state index >= 15 is 0 Å². The molecule has 0 fully saturated rings. The van der Waals surface area contributed by atoms with Gasteiger partial charge in [0.2, 0.25) is 5.91 Å². The van der Waals surface area contributed by atoms with Crippen molar-refractivity contribution in [2.45, 2.75) is 19.9 Å². The number of hydrazone groups is 1. The molecule has 1 unspecified atom stereocenters. The van der Waals surface area contributed by atoms with Crippen molar-refractivity contribution in [1.82, 2.24) is 20.4 Å². The van der Waals surface area contributed by atoms with E-state index in [2.05, 4.69) is 32.7 Å². The molecule has 7 nitrogen and oxygen atoms in total. The highest BCUT2D eigenvalue weighted by molar-refractivity contribution is 7.41. The molecular weight excluding hydrogens is 440 g/mol. The van der Waals surface area contributed by atoms with E-state index in [0.717, 1.165) is 5.56 Å². The number of amides is 1. The maximum absolute atomic E-state index is 14.6. The number of halogens is 3. The van der Waals surface area contributed by atoms with Crippen LogP contribution in [0.1, 0.15) is 18.1 Å². The lowest BCUT2D eigenvalue weighted by Gasteiger charge is -2.09. The molecule has 32 heavy (non-hydrogen) atoms. The SMILES string of the molecule is C=C(N/N=C(\P)C(F)F)c1ccc(Cn2cc(-c3cccc(NC(C)=O)c3)nn2)c(F)c1. The largest absolute Gasteiger partial charge is 0.326 e. The molecule has 11 heteroatoms. The summed E-state index contributed by atoms with van der Waals surface area (Å²) in [5.74, 6) is -0.698. The number of alkyl halides is 2. The van der Waals surface area contributed by atoms with Gasteiger partial charge in [0, 0.05) is 29.3 Å². The number of benzene rings is 2. The number of nitrogens with one attached hydrogen (secondary N) is 2. The Morgan fingerprint density at radius 2 is 2.06 bits per heavy atom. The Bertz CT molecular complexity index is 1180. The molecule has 1 heterocycles. The Hall–Kier alpha value is -3.52. The maximum atomic E-state index is 14.6. The van der Waals surface area contributed by atoms with Crippen LogP contribution in [0.15, 0.2) is 60.3 Å². The van der Waals surface area contributed by atoms with Crippen LogP contribution in [0.4, 0.5) is 18.9 Å². The van der Waals surface area contributed by atoms with Crippen LogP contribution in [0.2, 0.25) is 0 Å². The average molecular weight is 460 g/mol. The number of nitrogens with zero attached hydrogens (tertiary/aromatic N) is 4. The van der Waals surface area contributed by atoms with E-state index in [9.17, 15) is 18.0 Å². The van der Waals surface area contributed by atoms with Crippen molar-refractivity contribution >= 4 is 32.0 Å². The summed E-state index contributed by atoms with van der Waals surface area (Å²) in [4.78, 5) is 11.2. The molecule has 2 N–H and O–H groups in total. The first-order valence-electron chi connectivity index (χ1n) is 9.36. The Kier molecular flexibility index (Phi) is 7.37. The first-order chi connectivity index (χ1) is 15.2. The average Bonchev–Trinajstić information content (AvgIpc) is 3.21. The van der Waals surface area contributed by atoms with Gasteiger partial charge in [-0.05, 0) is 18.2 Å². The molecular formula is C21H20F3N6OP. The van der Waals surface area contributed by atoms with Crippen molar-refractivity contribution in [3.63, 3.8) is 0 Å². The van der Waals surface area contributed by atoms with E-state index in [1.807, 2.05) is 15.3 Å². The van der Waals surface area contributed by atoms with Crippen LogP contribution < -0.4 is 10.7 Å². The zero-order valence-electron chi connectivity index (χ0n) is 17.0. The molecule has 166 valence electrons. The molecule has 0 saturated heterocycles. The lowest BCUT2D eigenvalue weighted by molar-refractivity contribution is -0.114. The van der Waals surface area contributed by atoms with Crippen LogP contribution in [0, 0.1) is 5.82 Å². The third-order valence-electron chi connectivity index (χ3n) is 4.29. The van der Waals surface area contributed by atoms with Crippen LogP contribution in [0.3, 0.4) is 0 Å². The second-order valence-corrected chi connectivity index (χ2v) is 7.39. The first kappa shape index (κ1) is 23.1. The molecule has 2 aromatic carbocycles. The number of aromatic nitrogens is 3. The molecule has 0 radical (unpaired) electrons. The van der Waals surface area contributed by atoms with Crippen LogP contribution in [0.5, 0.6) is 0 Å². The Balaban J connectivity index is 1.71. The quantitative estimate of drug-likeness (QED) is 0.301. The van der Waals surface area contributed by atoms with Crippen LogP contribution in [-0.4, -0.2) is 32.8 Å². The lowest BCUT2D eigenvalue weighted by Crippen LogP contribution is -2.11. The minimum absolute atomic E-state index is 0.129. The van der Waals surface area contributed by atoms with Crippen LogP contribution >= 0.6 is 9.24 Å². The van der Waals surface area contributed by atoms with Gasteiger partial charge in [0.05, 0.1) is 18.4 Å². The van der Waals surface area contributed by atoms with Crippen LogP contribution in [-0.2, 0) is 11.3 Å². The summed E-state index contributed by atoms with van der Waals surface area (Å²) in [5, 5.41) is 14.3. The van der Waals surface area contributed by atoms with E-state index in [0.29, 0.717) is 22.5 Å². The van der Waals surface area contributed by atoms with E-state index in [1.165, 1.54) is 17.7 Å². The minimum atomic E-state index is -2.72. The molecule has 0 spiro atoms. The van der Waals surface area contributed by atoms with Gasteiger partial charge in [0.1, 0.15) is 17.0 Å². The first-order valence-corrected chi connectivity index (χ1v) is 9.93. The van der Waals surface area contributed by atoms with Crippen LogP contribution in [0.25, 0.3) is 17.0 Å². The number of anilines is 1. The van der Waals surface area contributed by atoms with E-state index < -0.39 is 17.7 Å². The zero-order valence-corrected chi connectivity index (χ0v) is 18.2. The minimum Gasteiger partial charge on any atom is -0.326 e. The second-order valence-electron chi connectivity index (χ2n) is 6.80. The van der Waals surface area contributed by atoms with Gasteiger partial charge in [-0.25, -0.2) is 17.9 Å². The van der Waals surface area contributed by atoms with Gasteiger partial charge < -0.3 is 5.32 Å². The van der Waals surface area contributed by atoms with Gasteiger partial charge in [-0.3, -0.25) is 10.2 Å². The standard InChI is InChI=1S/C21H20F3N6OP/c1-12(26-28-21(32)20(23)24)14-6-7-16(18(22)9-14)10-30-11-19(27-29-30)15-4-3-5-17(8-15)25-13(2)31/h3-9,11,20,26H,1,10,32H2,2H3,(H,25,31)/b28-21-. The summed E-state index contributed by atoms with van der Waals surface area (Å²) in [5.41, 5.74) is 4.76. The van der Waals surface area contributed by atoms with Crippen molar-refractivity contribution in [2.24, 2.45) is 5.10 Å². The van der Waals surface area contributed by atoms with Gasteiger partial charge in [0.15, 0.2) is 0 Å². The molecule has 0 saturated carbocycles. The number of carbonyl (C=O) groups is 1. The Labute approximate surface area is 184 Å². The normalized spacial score (nSPS) is 11.5. The van der Waals surface area contributed by atoms with E-state index in [4.69, 9.17) is 0 Å². The van der Waals surface area contributed by atoms with Gasteiger partial charge in [-0.2, -0.15) is 5.10 Å². The molecule has 1 aromatic heterocycles. The molecule has 0 aliphatic carbocycles. The monoisotopic (exact) mass is 460 g/mol. The van der Waals surface area contributed by atoms with Crippen molar-refractivity contribution in [3.8, 4) is 11.3 Å². The zero-order chi connectivity index (χ0) is 23.3. The number of hydrogen-bond acceptors (Lipinski definition) is 5. The van der Waals surface area contributed by atoms with E-state index in [1.54, 1.807) is 36.5 Å². The summed E-state index contributed by atoms with van der Waals surface area (Å²) < 4.78 is 41.0. The van der Waals surface area contributed by atoms with Crippen molar-refractivity contribution in [3.05, 3.63) is 72.2 Å². The van der Waals surface area contributed by atoms with Gasteiger partial charge in [0.25, 0.3) is 6.43 Å². The molecule has 0 aliphatic heterocycles. The fourth-order valence-corrected chi connectivity index (χ4v) is 2.82. The van der Waals surface area contributed by atoms with Gasteiger partial charge in [-0.15, -0.1) is 5.10 Å². The third-order valence-corrected chi connectivity index (χ3v) is 4.68. The van der Waals surface area contributed by atoms with Crippen molar-refractivity contribution < 1.29 is 18.0 Å². The molecule has 1 atom stereocenters. The molecule has 3 rings (SSSR count). The fraction of sp³-hybridized carbons (Fsp3) is 0.143.